The third-order valence-electron chi connectivity index (χ3n) is 4.65. The molecule has 1 aliphatic rings. The highest BCUT2D eigenvalue weighted by molar-refractivity contribution is 5.79. The lowest BCUT2D eigenvalue weighted by Gasteiger charge is -2.35. The lowest BCUT2D eigenvalue weighted by molar-refractivity contribution is -0.134. The number of likely N-dealkylation sites (tertiary alicyclic amines) is 1. The second kappa shape index (κ2) is 6.47. The lowest BCUT2D eigenvalue weighted by Crippen LogP contribution is -2.46. The molecule has 124 valence electrons. The number of piperidine rings is 1. The van der Waals surface area contributed by atoms with Crippen LogP contribution in [0.15, 0.2) is 49.1 Å². The van der Waals surface area contributed by atoms with Crippen molar-refractivity contribution in [2.45, 2.75) is 38.3 Å². The molecule has 24 heavy (non-hydrogen) atoms. The van der Waals surface area contributed by atoms with Gasteiger partial charge in [0.05, 0.1) is 24.7 Å². The van der Waals surface area contributed by atoms with E-state index in [-0.39, 0.29) is 11.9 Å². The van der Waals surface area contributed by atoms with Crippen LogP contribution in [0.25, 0.3) is 5.65 Å². The number of amides is 1. The summed E-state index contributed by atoms with van der Waals surface area (Å²) >= 11 is 0. The molecule has 0 bridgehead atoms. The van der Waals surface area contributed by atoms with Gasteiger partial charge in [-0.2, -0.15) is 5.10 Å². The Morgan fingerprint density at radius 2 is 2.17 bits per heavy atom. The number of carbonyl (C=O) groups excluding carboxylic acids is 1. The van der Waals surface area contributed by atoms with E-state index in [9.17, 15) is 4.79 Å². The van der Waals surface area contributed by atoms with Crippen LogP contribution in [0.3, 0.4) is 0 Å². The van der Waals surface area contributed by atoms with E-state index >= 15 is 0 Å². The fourth-order valence-corrected chi connectivity index (χ4v) is 3.47. The lowest BCUT2D eigenvalue weighted by atomic mass is 10.0. The molecule has 1 atom stereocenters. The zero-order valence-electron chi connectivity index (χ0n) is 13.6. The van der Waals surface area contributed by atoms with Gasteiger partial charge in [0.1, 0.15) is 5.65 Å². The maximum absolute atomic E-state index is 12.8. The Labute approximate surface area is 140 Å². The molecule has 0 N–H and O–H groups in total. The zero-order valence-corrected chi connectivity index (χ0v) is 13.6. The number of rotatable bonds is 4. The maximum Gasteiger partial charge on any atom is 0.228 e. The standard InChI is InChI=1S/C18H21N5O/c24-18(12-15-13-21-9-3-2-7-17(21)20-15)23-11-4-1-6-16(23)14-22-10-5-8-19-22/h2-3,5,7-10,13,16H,1,4,6,11-12,14H2. The number of hydrogen-bond donors (Lipinski definition) is 0. The summed E-state index contributed by atoms with van der Waals surface area (Å²) in [6, 6.07) is 8.02. The largest absolute Gasteiger partial charge is 0.338 e. The molecule has 3 aromatic heterocycles. The fourth-order valence-electron chi connectivity index (χ4n) is 3.47. The number of aromatic nitrogens is 4. The number of imidazole rings is 1. The van der Waals surface area contributed by atoms with Crippen molar-refractivity contribution in [3.63, 3.8) is 0 Å². The average molecular weight is 323 g/mol. The maximum atomic E-state index is 12.8. The minimum Gasteiger partial charge on any atom is -0.338 e. The van der Waals surface area contributed by atoms with Crippen molar-refractivity contribution < 1.29 is 4.79 Å². The van der Waals surface area contributed by atoms with E-state index in [0.717, 1.165) is 37.3 Å². The highest BCUT2D eigenvalue weighted by atomic mass is 16.2. The molecule has 0 aromatic carbocycles. The van der Waals surface area contributed by atoms with E-state index in [2.05, 4.69) is 10.1 Å². The third-order valence-corrected chi connectivity index (χ3v) is 4.65. The summed E-state index contributed by atoms with van der Waals surface area (Å²) in [5.41, 5.74) is 1.71. The first-order chi connectivity index (χ1) is 11.8. The molecule has 1 amide bonds. The number of pyridine rings is 1. The second-order valence-electron chi connectivity index (χ2n) is 6.34. The Balaban J connectivity index is 1.48. The quantitative estimate of drug-likeness (QED) is 0.739. The third kappa shape index (κ3) is 3.04. The molecule has 1 unspecified atom stereocenters. The van der Waals surface area contributed by atoms with Gasteiger partial charge in [0.15, 0.2) is 0 Å². The number of nitrogens with zero attached hydrogens (tertiary/aromatic N) is 5. The van der Waals surface area contributed by atoms with Gasteiger partial charge in [-0.15, -0.1) is 0 Å². The molecule has 0 aliphatic carbocycles. The number of carbonyl (C=O) groups is 1. The van der Waals surface area contributed by atoms with Crippen molar-refractivity contribution in [2.24, 2.45) is 0 Å². The molecular formula is C18H21N5O. The monoisotopic (exact) mass is 323 g/mol. The van der Waals surface area contributed by atoms with Gasteiger partial charge < -0.3 is 9.30 Å². The molecular weight excluding hydrogens is 302 g/mol. The fraction of sp³-hybridized carbons (Fsp3) is 0.389. The Kier molecular flexibility index (Phi) is 4.02. The minimum atomic E-state index is 0.162. The molecule has 1 fully saturated rings. The Hall–Kier alpha value is -2.63. The van der Waals surface area contributed by atoms with Gasteiger partial charge in [-0.1, -0.05) is 6.07 Å². The van der Waals surface area contributed by atoms with Gasteiger partial charge >= 0.3 is 0 Å². The van der Waals surface area contributed by atoms with E-state index in [1.807, 2.05) is 56.8 Å². The molecule has 0 spiro atoms. The van der Waals surface area contributed by atoms with Crippen molar-refractivity contribution in [1.82, 2.24) is 24.1 Å². The number of fused-ring (bicyclic) bond motifs is 1. The normalized spacial score (nSPS) is 18.2. The summed E-state index contributed by atoms with van der Waals surface area (Å²) in [7, 11) is 0. The van der Waals surface area contributed by atoms with Crippen molar-refractivity contribution in [1.29, 1.82) is 0 Å². The molecule has 3 aromatic rings. The highest BCUT2D eigenvalue weighted by Crippen LogP contribution is 2.20. The van der Waals surface area contributed by atoms with Crippen molar-refractivity contribution >= 4 is 11.6 Å². The Morgan fingerprint density at radius 1 is 1.21 bits per heavy atom. The molecule has 0 saturated carbocycles. The van der Waals surface area contributed by atoms with E-state index in [1.165, 1.54) is 6.42 Å². The van der Waals surface area contributed by atoms with Gasteiger partial charge in [-0.3, -0.25) is 9.48 Å². The van der Waals surface area contributed by atoms with Crippen LogP contribution in [-0.4, -0.2) is 42.6 Å². The first-order valence-corrected chi connectivity index (χ1v) is 8.49. The SMILES string of the molecule is O=C(Cc1cn2ccccc2n1)N1CCCCC1Cn1cccn1. The first-order valence-electron chi connectivity index (χ1n) is 8.49. The number of hydrogen-bond acceptors (Lipinski definition) is 3. The molecule has 6 heteroatoms. The Morgan fingerprint density at radius 3 is 3.00 bits per heavy atom. The molecule has 1 aliphatic heterocycles. The van der Waals surface area contributed by atoms with E-state index in [4.69, 9.17) is 0 Å². The molecule has 0 radical (unpaired) electrons. The van der Waals surface area contributed by atoms with Crippen LogP contribution < -0.4 is 0 Å². The summed E-state index contributed by atoms with van der Waals surface area (Å²) in [5.74, 6) is 0.162. The van der Waals surface area contributed by atoms with Crippen molar-refractivity contribution in [2.75, 3.05) is 6.54 Å². The summed E-state index contributed by atoms with van der Waals surface area (Å²) in [5, 5.41) is 4.28. The van der Waals surface area contributed by atoms with Gasteiger partial charge in [-0.25, -0.2) is 4.98 Å². The average Bonchev–Trinajstić information content (AvgIpc) is 3.24. The Bertz CT molecular complexity index is 790. The van der Waals surface area contributed by atoms with E-state index in [0.29, 0.717) is 6.42 Å². The molecule has 1 saturated heterocycles. The van der Waals surface area contributed by atoms with Crippen LogP contribution in [0.4, 0.5) is 0 Å². The van der Waals surface area contributed by atoms with Crippen LogP contribution in [-0.2, 0) is 17.8 Å². The summed E-state index contributed by atoms with van der Waals surface area (Å²) in [6.07, 6.45) is 11.3. The highest BCUT2D eigenvalue weighted by Gasteiger charge is 2.27. The smallest absolute Gasteiger partial charge is 0.228 e. The first kappa shape index (κ1) is 14.9. The van der Waals surface area contributed by atoms with Crippen molar-refractivity contribution in [3.05, 3.63) is 54.7 Å². The topological polar surface area (TPSA) is 55.4 Å². The van der Waals surface area contributed by atoms with E-state index in [1.54, 1.807) is 6.20 Å². The van der Waals surface area contributed by atoms with E-state index < -0.39 is 0 Å². The predicted octanol–water partition coefficient (Wildman–Crippen LogP) is 2.15. The molecule has 4 rings (SSSR count). The second-order valence-corrected chi connectivity index (χ2v) is 6.34. The predicted molar refractivity (Wildman–Crippen MR) is 90.5 cm³/mol. The van der Waals surface area contributed by atoms with Crippen LogP contribution >= 0.6 is 0 Å². The summed E-state index contributed by atoms with van der Waals surface area (Å²) in [6.45, 7) is 1.60. The van der Waals surface area contributed by atoms with Crippen LogP contribution in [0, 0.1) is 0 Å². The van der Waals surface area contributed by atoms with Crippen LogP contribution in [0.2, 0.25) is 0 Å². The van der Waals surface area contributed by atoms with Gasteiger partial charge in [0.25, 0.3) is 0 Å². The summed E-state index contributed by atoms with van der Waals surface area (Å²) < 4.78 is 3.88. The van der Waals surface area contributed by atoms with Crippen molar-refractivity contribution in [3.8, 4) is 0 Å². The van der Waals surface area contributed by atoms with Crippen LogP contribution in [0.5, 0.6) is 0 Å². The minimum absolute atomic E-state index is 0.162. The van der Waals surface area contributed by atoms with Gasteiger partial charge in [0.2, 0.25) is 5.91 Å². The molecule has 6 nitrogen and oxygen atoms in total. The zero-order chi connectivity index (χ0) is 16.4. The van der Waals surface area contributed by atoms with Gasteiger partial charge in [0, 0.05) is 31.3 Å². The van der Waals surface area contributed by atoms with Gasteiger partial charge in [-0.05, 0) is 37.5 Å². The summed E-state index contributed by atoms with van der Waals surface area (Å²) in [4.78, 5) is 19.4. The molecule has 4 heterocycles. The van der Waals surface area contributed by atoms with Crippen LogP contribution in [0.1, 0.15) is 25.0 Å².